The first-order valence-corrected chi connectivity index (χ1v) is 5.74. The van der Waals surface area contributed by atoms with Crippen LogP contribution in [0.1, 0.15) is 16.1 Å². The summed E-state index contributed by atoms with van der Waals surface area (Å²) < 4.78 is 1.82. The summed E-state index contributed by atoms with van der Waals surface area (Å²) in [6.07, 6.45) is 3.49. The molecule has 0 aliphatic carbocycles. The average Bonchev–Trinajstić information content (AvgIpc) is 2.91. The second-order valence-electron chi connectivity index (χ2n) is 3.39. The number of rotatable bonds is 2. The molecule has 3 aromatic rings. The van der Waals surface area contributed by atoms with Crippen LogP contribution >= 0.6 is 11.3 Å². The van der Waals surface area contributed by atoms with Gasteiger partial charge < -0.3 is 0 Å². The van der Waals surface area contributed by atoms with E-state index in [1.807, 2.05) is 46.3 Å². The van der Waals surface area contributed by atoms with Crippen molar-refractivity contribution in [3.05, 3.63) is 59.4 Å². The first-order valence-electron chi connectivity index (χ1n) is 4.86. The molecule has 78 valence electrons. The molecule has 1 aromatic carbocycles. The number of fused-ring (bicyclic) bond motifs is 1. The summed E-state index contributed by atoms with van der Waals surface area (Å²) in [5.74, 6) is 0.00602. The third kappa shape index (κ3) is 1.35. The minimum atomic E-state index is 0.00602. The molecule has 0 atom stereocenters. The standard InChI is InChI=1S/C12H8N2OS/c15-11(9-4-2-1-3-5-9)10-8-13-12-14(10)6-7-16-12/h1-8H. The lowest BCUT2D eigenvalue weighted by Crippen LogP contribution is -2.03. The van der Waals surface area contributed by atoms with Crippen LogP contribution in [0.2, 0.25) is 0 Å². The van der Waals surface area contributed by atoms with Crippen LogP contribution in [0.3, 0.4) is 0 Å². The van der Waals surface area contributed by atoms with Crippen molar-refractivity contribution >= 4 is 22.1 Å². The number of aromatic nitrogens is 2. The molecule has 16 heavy (non-hydrogen) atoms. The predicted octanol–water partition coefficient (Wildman–Crippen LogP) is 2.63. The van der Waals surface area contributed by atoms with Crippen molar-refractivity contribution in [2.24, 2.45) is 0 Å². The van der Waals surface area contributed by atoms with Crippen LogP contribution in [0.4, 0.5) is 0 Å². The van der Waals surface area contributed by atoms with Crippen molar-refractivity contribution in [3.8, 4) is 0 Å². The smallest absolute Gasteiger partial charge is 0.211 e. The molecule has 4 heteroatoms. The fourth-order valence-electron chi connectivity index (χ4n) is 1.63. The second kappa shape index (κ2) is 3.57. The quantitative estimate of drug-likeness (QED) is 0.632. The van der Waals surface area contributed by atoms with Gasteiger partial charge in [0.2, 0.25) is 5.78 Å². The van der Waals surface area contributed by atoms with E-state index in [0.29, 0.717) is 11.3 Å². The number of nitrogens with zero attached hydrogens (tertiary/aromatic N) is 2. The molecule has 0 N–H and O–H groups in total. The minimum absolute atomic E-state index is 0.00602. The molecule has 0 aliphatic heterocycles. The Balaban J connectivity index is 2.12. The van der Waals surface area contributed by atoms with Gasteiger partial charge in [-0.1, -0.05) is 30.3 Å². The molecule has 0 fully saturated rings. The Labute approximate surface area is 96.0 Å². The number of hydrogen-bond acceptors (Lipinski definition) is 3. The average molecular weight is 228 g/mol. The number of imidazole rings is 1. The van der Waals surface area contributed by atoms with Gasteiger partial charge in [0.1, 0.15) is 5.69 Å². The van der Waals surface area contributed by atoms with Gasteiger partial charge in [0.25, 0.3) is 0 Å². The SMILES string of the molecule is O=C(c1ccccc1)c1cnc2sccn12. The Kier molecular flexibility index (Phi) is 2.08. The van der Waals surface area contributed by atoms with Gasteiger partial charge in [0, 0.05) is 17.1 Å². The lowest BCUT2D eigenvalue weighted by atomic mass is 10.1. The van der Waals surface area contributed by atoms with Gasteiger partial charge in [-0.3, -0.25) is 9.20 Å². The fourth-order valence-corrected chi connectivity index (χ4v) is 2.32. The van der Waals surface area contributed by atoms with E-state index >= 15 is 0 Å². The highest BCUT2D eigenvalue weighted by atomic mass is 32.1. The number of hydrogen-bond donors (Lipinski definition) is 0. The fraction of sp³-hybridized carbons (Fsp3) is 0. The van der Waals surface area contributed by atoms with E-state index in [1.54, 1.807) is 6.20 Å². The summed E-state index contributed by atoms with van der Waals surface area (Å²) in [5.41, 5.74) is 1.30. The maximum Gasteiger partial charge on any atom is 0.211 e. The molecule has 2 aromatic heterocycles. The second-order valence-corrected chi connectivity index (χ2v) is 4.27. The zero-order valence-corrected chi connectivity index (χ0v) is 9.15. The highest BCUT2D eigenvalue weighted by molar-refractivity contribution is 7.15. The first-order chi connectivity index (χ1) is 7.86. The number of carbonyl (C=O) groups is 1. The topological polar surface area (TPSA) is 34.4 Å². The summed E-state index contributed by atoms with van der Waals surface area (Å²) in [6, 6.07) is 9.24. The van der Waals surface area contributed by atoms with E-state index in [0.717, 1.165) is 4.96 Å². The summed E-state index contributed by atoms with van der Waals surface area (Å²) >= 11 is 1.52. The zero-order chi connectivity index (χ0) is 11.0. The summed E-state index contributed by atoms with van der Waals surface area (Å²) in [7, 11) is 0. The molecule has 3 rings (SSSR count). The molecule has 0 saturated heterocycles. The van der Waals surface area contributed by atoms with Gasteiger partial charge in [-0.25, -0.2) is 4.98 Å². The van der Waals surface area contributed by atoms with Crippen LogP contribution in [0.15, 0.2) is 48.1 Å². The lowest BCUT2D eigenvalue weighted by molar-refractivity contribution is 0.103. The molecule has 0 amide bonds. The summed E-state index contributed by atoms with van der Waals surface area (Å²) in [4.78, 5) is 17.2. The van der Waals surface area contributed by atoms with Crippen molar-refractivity contribution in [1.29, 1.82) is 0 Å². The molecule has 0 saturated carbocycles. The largest absolute Gasteiger partial charge is 0.287 e. The van der Waals surface area contributed by atoms with E-state index < -0.39 is 0 Å². The molecule has 3 nitrogen and oxygen atoms in total. The van der Waals surface area contributed by atoms with Crippen molar-refractivity contribution in [3.63, 3.8) is 0 Å². The van der Waals surface area contributed by atoms with Crippen molar-refractivity contribution in [2.45, 2.75) is 0 Å². The number of thiazole rings is 1. The molecule has 0 spiro atoms. The van der Waals surface area contributed by atoms with Crippen molar-refractivity contribution in [2.75, 3.05) is 0 Å². The van der Waals surface area contributed by atoms with E-state index in [9.17, 15) is 4.79 Å². The van der Waals surface area contributed by atoms with Gasteiger partial charge in [0.15, 0.2) is 4.96 Å². The normalized spacial score (nSPS) is 10.8. The van der Waals surface area contributed by atoms with Crippen LogP contribution in [0.25, 0.3) is 4.96 Å². The Morgan fingerprint density at radius 2 is 2.06 bits per heavy atom. The van der Waals surface area contributed by atoms with Crippen LogP contribution in [0.5, 0.6) is 0 Å². The van der Waals surface area contributed by atoms with Gasteiger partial charge in [-0.2, -0.15) is 0 Å². The minimum Gasteiger partial charge on any atom is -0.287 e. The number of carbonyl (C=O) groups excluding carboxylic acids is 1. The van der Waals surface area contributed by atoms with E-state index in [4.69, 9.17) is 0 Å². The molecular formula is C12H8N2OS. The summed E-state index contributed by atoms with van der Waals surface area (Å²) in [6.45, 7) is 0. The van der Waals surface area contributed by atoms with Crippen LogP contribution < -0.4 is 0 Å². The highest BCUT2D eigenvalue weighted by Gasteiger charge is 2.13. The van der Waals surface area contributed by atoms with Crippen LogP contribution in [-0.4, -0.2) is 15.2 Å². The monoisotopic (exact) mass is 228 g/mol. The molecule has 0 aliphatic rings. The predicted molar refractivity (Wildman–Crippen MR) is 62.9 cm³/mol. The molecule has 0 unspecified atom stereocenters. The zero-order valence-electron chi connectivity index (χ0n) is 8.33. The Bertz CT molecular complexity index is 639. The van der Waals surface area contributed by atoms with Crippen LogP contribution in [0, 0.1) is 0 Å². The Morgan fingerprint density at radius 1 is 1.25 bits per heavy atom. The van der Waals surface area contributed by atoms with Gasteiger partial charge in [-0.15, -0.1) is 11.3 Å². The molecule has 0 bridgehead atoms. The van der Waals surface area contributed by atoms with Gasteiger partial charge >= 0.3 is 0 Å². The molecule has 0 radical (unpaired) electrons. The maximum atomic E-state index is 12.2. The Morgan fingerprint density at radius 3 is 2.88 bits per heavy atom. The highest BCUT2D eigenvalue weighted by Crippen LogP contribution is 2.15. The molecular weight excluding hydrogens is 220 g/mol. The molecule has 2 heterocycles. The van der Waals surface area contributed by atoms with E-state index in [-0.39, 0.29) is 5.78 Å². The van der Waals surface area contributed by atoms with Crippen molar-refractivity contribution < 1.29 is 4.79 Å². The number of benzene rings is 1. The third-order valence-electron chi connectivity index (χ3n) is 2.41. The Hall–Kier alpha value is -1.94. The summed E-state index contributed by atoms with van der Waals surface area (Å²) in [5, 5.41) is 1.92. The van der Waals surface area contributed by atoms with Crippen LogP contribution in [-0.2, 0) is 0 Å². The lowest BCUT2D eigenvalue weighted by Gasteiger charge is -1.98. The number of ketones is 1. The maximum absolute atomic E-state index is 12.2. The van der Waals surface area contributed by atoms with Gasteiger partial charge in [0.05, 0.1) is 6.20 Å². The van der Waals surface area contributed by atoms with E-state index in [1.165, 1.54) is 11.3 Å². The van der Waals surface area contributed by atoms with E-state index in [2.05, 4.69) is 4.98 Å². The first kappa shape index (κ1) is 9.30. The third-order valence-corrected chi connectivity index (χ3v) is 3.19. The van der Waals surface area contributed by atoms with Gasteiger partial charge in [-0.05, 0) is 0 Å². The van der Waals surface area contributed by atoms with Crippen molar-refractivity contribution in [1.82, 2.24) is 9.38 Å².